The third-order valence-electron chi connectivity index (χ3n) is 4.65. The molecule has 0 bridgehead atoms. The Morgan fingerprint density at radius 1 is 1.10 bits per heavy atom. The quantitative estimate of drug-likeness (QED) is 0.454. The summed E-state index contributed by atoms with van der Waals surface area (Å²) in [7, 11) is 0. The van der Waals surface area contributed by atoms with Crippen molar-refractivity contribution in [2.75, 3.05) is 0 Å². The number of tetrazole rings is 1. The van der Waals surface area contributed by atoms with E-state index in [0.29, 0.717) is 28.8 Å². The monoisotopic (exact) mass is 419 g/mol. The molecule has 1 amide bonds. The van der Waals surface area contributed by atoms with Crippen LogP contribution in [0.15, 0.2) is 70.4 Å². The van der Waals surface area contributed by atoms with Gasteiger partial charge in [-0.3, -0.25) is 4.79 Å². The highest BCUT2D eigenvalue weighted by Crippen LogP contribution is 2.26. The zero-order valence-corrected chi connectivity index (χ0v) is 17.5. The summed E-state index contributed by atoms with van der Waals surface area (Å²) < 4.78 is 7.02. The first-order chi connectivity index (χ1) is 14.6. The maximum Gasteiger partial charge on any atom is 0.251 e. The van der Waals surface area contributed by atoms with Gasteiger partial charge in [0.1, 0.15) is 5.76 Å². The normalized spacial score (nSPS) is 10.9. The number of thioether (sulfide) groups is 1. The Morgan fingerprint density at radius 3 is 2.67 bits per heavy atom. The van der Waals surface area contributed by atoms with E-state index in [-0.39, 0.29) is 5.91 Å². The average Bonchev–Trinajstić information content (AvgIpc) is 3.43. The molecule has 152 valence electrons. The number of carbonyl (C=O) groups excluding carboxylic acids is 1. The molecule has 2 heterocycles. The number of nitrogens with zero attached hydrogens (tertiary/aromatic N) is 4. The standard InChI is InChI=1S/C22H21N5O2S/c1-15-6-3-7-16(2)20(15)27-22(24-25-26-27)30-14-17-8-4-9-18(12-17)21(28)23-13-19-10-5-11-29-19/h3-12H,13-14H2,1-2H3,(H,23,28). The van der Waals surface area contributed by atoms with Crippen LogP contribution in [0.5, 0.6) is 0 Å². The summed E-state index contributed by atoms with van der Waals surface area (Å²) in [6.07, 6.45) is 1.59. The molecule has 0 fully saturated rings. The van der Waals surface area contributed by atoms with Crippen molar-refractivity contribution in [3.63, 3.8) is 0 Å². The van der Waals surface area contributed by atoms with Crippen LogP contribution in [0.1, 0.15) is 32.8 Å². The number of aromatic nitrogens is 4. The second-order valence-electron chi connectivity index (χ2n) is 6.86. The van der Waals surface area contributed by atoms with E-state index in [1.807, 2.05) is 56.3 Å². The number of carbonyl (C=O) groups is 1. The number of amides is 1. The largest absolute Gasteiger partial charge is 0.467 e. The molecule has 0 atom stereocenters. The zero-order chi connectivity index (χ0) is 20.9. The Kier molecular flexibility index (Phi) is 5.94. The molecule has 4 aromatic rings. The maximum absolute atomic E-state index is 12.4. The number of furan rings is 1. The molecule has 0 aliphatic heterocycles. The van der Waals surface area contributed by atoms with Crippen molar-refractivity contribution in [1.29, 1.82) is 0 Å². The van der Waals surface area contributed by atoms with Gasteiger partial charge in [0.15, 0.2) is 0 Å². The topological polar surface area (TPSA) is 85.8 Å². The molecule has 0 saturated carbocycles. The summed E-state index contributed by atoms with van der Waals surface area (Å²) in [5.74, 6) is 1.22. The fourth-order valence-corrected chi connectivity index (χ4v) is 4.00. The number of rotatable bonds is 7. The molecule has 4 rings (SSSR count). The van der Waals surface area contributed by atoms with Crippen molar-refractivity contribution in [1.82, 2.24) is 25.5 Å². The van der Waals surface area contributed by atoms with Gasteiger partial charge in [-0.05, 0) is 65.2 Å². The van der Waals surface area contributed by atoms with Crippen molar-refractivity contribution in [3.05, 3.63) is 88.9 Å². The molecule has 0 radical (unpaired) electrons. The van der Waals surface area contributed by atoms with Crippen molar-refractivity contribution in [3.8, 4) is 5.69 Å². The smallest absolute Gasteiger partial charge is 0.251 e. The van der Waals surface area contributed by atoms with Gasteiger partial charge in [0.05, 0.1) is 18.5 Å². The van der Waals surface area contributed by atoms with Crippen molar-refractivity contribution in [2.45, 2.75) is 31.3 Å². The van der Waals surface area contributed by atoms with Crippen molar-refractivity contribution < 1.29 is 9.21 Å². The molecular weight excluding hydrogens is 398 g/mol. The van der Waals surface area contributed by atoms with Crippen molar-refractivity contribution >= 4 is 17.7 Å². The fourth-order valence-electron chi connectivity index (χ4n) is 3.18. The Labute approximate surface area is 178 Å². The van der Waals surface area contributed by atoms with Gasteiger partial charge in [0.25, 0.3) is 5.91 Å². The zero-order valence-electron chi connectivity index (χ0n) is 16.7. The van der Waals surface area contributed by atoms with E-state index in [9.17, 15) is 4.79 Å². The molecule has 0 unspecified atom stereocenters. The van der Waals surface area contributed by atoms with Gasteiger partial charge in [-0.25, -0.2) is 0 Å². The van der Waals surface area contributed by atoms with E-state index in [1.165, 1.54) is 11.8 Å². The molecule has 2 aromatic carbocycles. The van der Waals surface area contributed by atoms with Gasteiger partial charge >= 0.3 is 0 Å². The summed E-state index contributed by atoms with van der Waals surface area (Å²) in [6, 6.07) is 17.3. The molecule has 7 nitrogen and oxygen atoms in total. The summed E-state index contributed by atoms with van der Waals surface area (Å²) >= 11 is 1.53. The Hall–Kier alpha value is -3.39. The second kappa shape index (κ2) is 8.96. The van der Waals surface area contributed by atoms with Crippen LogP contribution in [0.4, 0.5) is 0 Å². The van der Waals surface area contributed by atoms with Crippen LogP contribution in [0.3, 0.4) is 0 Å². The predicted molar refractivity (Wildman–Crippen MR) is 115 cm³/mol. The number of para-hydroxylation sites is 1. The van der Waals surface area contributed by atoms with Gasteiger partial charge in [0, 0.05) is 11.3 Å². The predicted octanol–water partition coefficient (Wildman–Crippen LogP) is 4.09. The number of aryl methyl sites for hydroxylation is 2. The Bertz CT molecular complexity index is 1130. The van der Waals surface area contributed by atoms with Crippen LogP contribution >= 0.6 is 11.8 Å². The van der Waals surface area contributed by atoms with Crippen LogP contribution in [-0.2, 0) is 12.3 Å². The second-order valence-corrected chi connectivity index (χ2v) is 7.81. The SMILES string of the molecule is Cc1cccc(C)c1-n1nnnc1SCc1cccc(C(=O)NCc2ccco2)c1. The summed E-state index contributed by atoms with van der Waals surface area (Å²) in [5.41, 5.74) is 4.84. The van der Waals surface area contributed by atoms with Gasteiger partial charge in [-0.15, -0.1) is 5.10 Å². The maximum atomic E-state index is 12.4. The van der Waals surface area contributed by atoms with Gasteiger partial charge in [-0.2, -0.15) is 4.68 Å². The van der Waals surface area contributed by atoms with E-state index in [1.54, 1.807) is 23.1 Å². The third kappa shape index (κ3) is 4.44. The first-order valence-electron chi connectivity index (χ1n) is 9.49. The lowest BCUT2D eigenvalue weighted by Gasteiger charge is -2.10. The van der Waals surface area contributed by atoms with Crippen LogP contribution in [0, 0.1) is 13.8 Å². The Balaban J connectivity index is 1.45. The minimum atomic E-state index is -0.140. The van der Waals surface area contributed by atoms with E-state index >= 15 is 0 Å². The number of hydrogen-bond acceptors (Lipinski definition) is 6. The van der Waals surface area contributed by atoms with Crippen molar-refractivity contribution in [2.24, 2.45) is 0 Å². The summed E-state index contributed by atoms with van der Waals surface area (Å²) in [6.45, 7) is 4.45. The average molecular weight is 420 g/mol. The molecule has 2 aromatic heterocycles. The minimum Gasteiger partial charge on any atom is -0.467 e. The van der Waals surface area contributed by atoms with Crippen LogP contribution in [0.2, 0.25) is 0 Å². The Morgan fingerprint density at radius 2 is 1.90 bits per heavy atom. The third-order valence-corrected chi connectivity index (χ3v) is 5.64. The highest BCUT2D eigenvalue weighted by molar-refractivity contribution is 7.98. The van der Waals surface area contributed by atoms with Crippen LogP contribution < -0.4 is 5.32 Å². The summed E-state index contributed by atoms with van der Waals surface area (Å²) in [4.78, 5) is 12.4. The first kappa shape index (κ1) is 19.9. The van der Waals surface area contributed by atoms with Gasteiger partial charge in [0.2, 0.25) is 5.16 Å². The highest BCUT2D eigenvalue weighted by Gasteiger charge is 2.14. The number of nitrogens with one attached hydrogen (secondary N) is 1. The first-order valence-corrected chi connectivity index (χ1v) is 10.5. The molecule has 0 aliphatic carbocycles. The van der Waals surface area contributed by atoms with E-state index in [4.69, 9.17) is 4.42 Å². The van der Waals surface area contributed by atoms with Gasteiger partial charge < -0.3 is 9.73 Å². The fraction of sp³-hybridized carbons (Fsp3) is 0.182. The lowest BCUT2D eigenvalue weighted by molar-refractivity contribution is 0.0948. The lowest BCUT2D eigenvalue weighted by Crippen LogP contribution is -2.22. The molecule has 30 heavy (non-hydrogen) atoms. The number of hydrogen-bond donors (Lipinski definition) is 1. The van der Waals surface area contributed by atoms with E-state index < -0.39 is 0 Å². The van der Waals surface area contributed by atoms with Crippen LogP contribution in [0.25, 0.3) is 5.69 Å². The molecule has 0 spiro atoms. The molecule has 8 heteroatoms. The molecule has 0 aliphatic rings. The lowest BCUT2D eigenvalue weighted by atomic mass is 10.1. The number of benzene rings is 2. The van der Waals surface area contributed by atoms with Gasteiger partial charge in [-0.1, -0.05) is 42.1 Å². The molecule has 1 N–H and O–H groups in total. The van der Waals surface area contributed by atoms with E-state index in [2.05, 4.69) is 20.8 Å². The van der Waals surface area contributed by atoms with Crippen LogP contribution in [-0.4, -0.2) is 26.1 Å². The van der Waals surface area contributed by atoms with E-state index in [0.717, 1.165) is 22.4 Å². The minimum absolute atomic E-state index is 0.140. The highest BCUT2D eigenvalue weighted by atomic mass is 32.2. The molecule has 0 saturated heterocycles. The summed E-state index contributed by atoms with van der Waals surface area (Å²) in [5, 5.41) is 15.8. The molecular formula is C22H21N5O2S.